The van der Waals surface area contributed by atoms with Gasteiger partial charge in [0.2, 0.25) is 5.91 Å². The first-order valence-electron chi connectivity index (χ1n) is 10.9. The molecule has 1 amide bonds. The quantitative estimate of drug-likeness (QED) is 0.485. The van der Waals surface area contributed by atoms with E-state index in [-0.39, 0.29) is 11.9 Å². The third kappa shape index (κ3) is 3.49. The molecule has 0 spiro atoms. The number of anilines is 2. The Labute approximate surface area is 178 Å². The Morgan fingerprint density at radius 3 is 2.73 bits per heavy atom. The van der Waals surface area contributed by atoms with Crippen molar-refractivity contribution in [1.82, 2.24) is 0 Å². The number of nitrogens with one attached hydrogen (secondary N) is 2. The zero-order valence-corrected chi connectivity index (χ0v) is 17.6. The van der Waals surface area contributed by atoms with Gasteiger partial charge in [-0.3, -0.25) is 4.79 Å². The molecule has 3 aromatic carbocycles. The van der Waals surface area contributed by atoms with Gasteiger partial charge in [0.05, 0.1) is 6.04 Å². The zero-order valence-electron chi connectivity index (χ0n) is 17.6. The number of hydrogen-bond donors (Lipinski definition) is 2. The first-order valence-corrected chi connectivity index (χ1v) is 10.9. The van der Waals surface area contributed by atoms with Gasteiger partial charge in [0.1, 0.15) is 0 Å². The first kappa shape index (κ1) is 18.9. The van der Waals surface area contributed by atoms with Crippen LogP contribution in [0.1, 0.15) is 49.8 Å². The third-order valence-corrected chi connectivity index (χ3v) is 6.37. The molecule has 2 aliphatic rings. The number of allylic oxidation sites excluding steroid dienone is 2. The number of amides is 1. The maximum atomic E-state index is 12.2. The normalized spacial score (nSPS) is 21.9. The van der Waals surface area contributed by atoms with Crippen LogP contribution < -0.4 is 10.6 Å². The fourth-order valence-electron chi connectivity index (χ4n) is 4.99. The molecular formula is C27H28N2O. The largest absolute Gasteiger partial charge is 0.378 e. The minimum Gasteiger partial charge on any atom is -0.378 e. The van der Waals surface area contributed by atoms with Gasteiger partial charge < -0.3 is 10.6 Å². The summed E-state index contributed by atoms with van der Waals surface area (Å²) in [5, 5.41) is 9.45. The van der Waals surface area contributed by atoms with Gasteiger partial charge >= 0.3 is 0 Å². The molecule has 3 unspecified atom stereocenters. The van der Waals surface area contributed by atoms with Gasteiger partial charge in [-0.05, 0) is 64.4 Å². The highest BCUT2D eigenvalue weighted by Crippen LogP contribution is 2.50. The summed E-state index contributed by atoms with van der Waals surface area (Å²) in [4.78, 5) is 12.2. The van der Waals surface area contributed by atoms with Crippen molar-refractivity contribution in [3.05, 3.63) is 83.9 Å². The van der Waals surface area contributed by atoms with Crippen LogP contribution in [-0.2, 0) is 4.79 Å². The number of carbonyl (C=O) groups excluding carboxylic acids is 1. The lowest BCUT2D eigenvalue weighted by atomic mass is 9.76. The molecule has 152 valence electrons. The topological polar surface area (TPSA) is 41.1 Å². The molecule has 2 N–H and O–H groups in total. The predicted octanol–water partition coefficient (Wildman–Crippen LogP) is 6.65. The van der Waals surface area contributed by atoms with Crippen molar-refractivity contribution in [1.29, 1.82) is 0 Å². The smallest absolute Gasteiger partial charge is 0.224 e. The van der Waals surface area contributed by atoms with E-state index in [1.165, 1.54) is 27.6 Å². The molecule has 3 aromatic rings. The SMILES string of the molecule is CC(C)CC(=O)Nc1ccc2c(c1)C1C=CCC1C(c1ccc3ccccc3c1)N2. The summed E-state index contributed by atoms with van der Waals surface area (Å²) in [6.07, 6.45) is 6.27. The van der Waals surface area contributed by atoms with E-state index in [0.29, 0.717) is 24.2 Å². The maximum absolute atomic E-state index is 12.2. The molecule has 3 heteroatoms. The van der Waals surface area contributed by atoms with Crippen molar-refractivity contribution in [3.63, 3.8) is 0 Å². The van der Waals surface area contributed by atoms with Gasteiger partial charge in [0.25, 0.3) is 0 Å². The summed E-state index contributed by atoms with van der Waals surface area (Å²) in [5.74, 6) is 1.30. The average Bonchev–Trinajstić information content (AvgIpc) is 3.22. The molecule has 1 aliphatic heterocycles. The molecule has 5 rings (SSSR count). The molecule has 0 radical (unpaired) electrons. The van der Waals surface area contributed by atoms with E-state index in [1.807, 2.05) is 6.07 Å². The Morgan fingerprint density at radius 1 is 1.07 bits per heavy atom. The van der Waals surface area contributed by atoms with Crippen LogP contribution in [0.3, 0.4) is 0 Å². The highest BCUT2D eigenvalue weighted by Gasteiger charge is 2.38. The molecule has 30 heavy (non-hydrogen) atoms. The van der Waals surface area contributed by atoms with E-state index in [4.69, 9.17) is 0 Å². The second kappa shape index (κ2) is 7.64. The van der Waals surface area contributed by atoms with Gasteiger partial charge in [-0.15, -0.1) is 0 Å². The van der Waals surface area contributed by atoms with Crippen LogP contribution in [0.5, 0.6) is 0 Å². The van der Waals surface area contributed by atoms with Gasteiger partial charge in [-0.25, -0.2) is 0 Å². The van der Waals surface area contributed by atoms with Crippen LogP contribution in [0.2, 0.25) is 0 Å². The lowest BCUT2D eigenvalue weighted by molar-refractivity contribution is -0.116. The van der Waals surface area contributed by atoms with E-state index in [0.717, 1.165) is 12.1 Å². The lowest BCUT2D eigenvalue weighted by Gasteiger charge is -2.38. The van der Waals surface area contributed by atoms with Crippen LogP contribution in [-0.4, -0.2) is 5.91 Å². The minimum atomic E-state index is 0.0845. The average molecular weight is 397 g/mol. The Bertz CT molecular complexity index is 1130. The predicted molar refractivity (Wildman–Crippen MR) is 125 cm³/mol. The summed E-state index contributed by atoms with van der Waals surface area (Å²) in [6.45, 7) is 4.13. The minimum absolute atomic E-state index is 0.0845. The second-order valence-corrected chi connectivity index (χ2v) is 9.03. The summed E-state index contributed by atoms with van der Waals surface area (Å²) in [6, 6.07) is 21.9. The number of hydrogen-bond acceptors (Lipinski definition) is 2. The summed E-state index contributed by atoms with van der Waals surface area (Å²) in [5.41, 5.74) is 4.69. The van der Waals surface area contributed by atoms with Crippen LogP contribution in [0.25, 0.3) is 10.8 Å². The van der Waals surface area contributed by atoms with Crippen LogP contribution >= 0.6 is 0 Å². The van der Waals surface area contributed by atoms with Crippen LogP contribution in [0.15, 0.2) is 72.8 Å². The molecule has 1 aliphatic carbocycles. The van der Waals surface area contributed by atoms with Crippen LogP contribution in [0, 0.1) is 11.8 Å². The van der Waals surface area contributed by atoms with Crippen molar-refractivity contribution in [2.75, 3.05) is 10.6 Å². The molecular weight excluding hydrogens is 368 g/mol. The third-order valence-electron chi connectivity index (χ3n) is 6.37. The van der Waals surface area contributed by atoms with Crippen LogP contribution in [0.4, 0.5) is 11.4 Å². The summed E-state index contributed by atoms with van der Waals surface area (Å²) < 4.78 is 0. The Kier molecular flexibility index (Phi) is 4.82. The highest BCUT2D eigenvalue weighted by atomic mass is 16.1. The van der Waals surface area contributed by atoms with E-state index in [9.17, 15) is 4.79 Å². The zero-order chi connectivity index (χ0) is 20.7. The second-order valence-electron chi connectivity index (χ2n) is 9.03. The van der Waals surface area contributed by atoms with Crippen molar-refractivity contribution in [2.24, 2.45) is 11.8 Å². The lowest BCUT2D eigenvalue weighted by Crippen LogP contribution is -2.29. The van der Waals surface area contributed by atoms with Gasteiger partial charge in [0, 0.05) is 23.7 Å². The Hall–Kier alpha value is -3.07. The Balaban J connectivity index is 1.46. The summed E-state index contributed by atoms with van der Waals surface area (Å²) >= 11 is 0. The molecule has 0 bridgehead atoms. The standard InChI is InChI=1S/C27H28N2O/c1-17(2)14-26(30)28-21-12-13-25-24(16-21)22-8-5-9-23(22)27(29-25)20-11-10-18-6-3-4-7-19(18)15-20/h3-8,10-13,15-17,22-23,27,29H,9,14H2,1-2H3,(H,28,30). The van der Waals surface area contributed by atoms with Crippen molar-refractivity contribution < 1.29 is 4.79 Å². The molecule has 0 saturated carbocycles. The van der Waals surface area contributed by atoms with E-state index in [2.05, 4.69) is 91.2 Å². The maximum Gasteiger partial charge on any atom is 0.224 e. The van der Waals surface area contributed by atoms with Gasteiger partial charge in [0.15, 0.2) is 0 Å². The number of rotatable bonds is 4. The summed E-state index contributed by atoms with van der Waals surface area (Å²) in [7, 11) is 0. The molecule has 3 atom stereocenters. The van der Waals surface area contributed by atoms with E-state index >= 15 is 0 Å². The van der Waals surface area contributed by atoms with Crippen molar-refractivity contribution in [2.45, 2.75) is 38.6 Å². The highest BCUT2D eigenvalue weighted by molar-refractivity contribution is 5.91. The number of benzene rings is 3. The molecule has 1 heterocycles. The first-order chi connectivity index (χ1) is 14.6. The Morgan fingerprint density at radius 2 is 1.90 bits per heavy atom. The van der Waals surface area contributed by atoms with Gasteiger partial charge in [-0.1, -0.05) is 62.4 Å². The molecule has 3 nitrogen and oxygen atoms in total. The number of carbonyl (C=O) groups is 1. The van der Waals surface area contributed by atoms with E-state index < -0.39 is 0 Å². The van der Waals surface area contributed by atoms with Crippen molar-refractivity contribution >= 4 is 28.1 Å². The van der Waals surface area contributed by atoms with E-state index in [1.54, 1.807) is 0 Å². The fourth-order valence-corrected chi connectivity index (χ4v) is 4.99. The fraction of sp³-hybridized carbons (Fsp3) is 0.296. The van der Waals surface area contributed by atoms with Gasteiger partial charge in [-0.2, -0.15) is 0 Å². The number of fused-ring (bicyclic) bond motifs is 4. The van der Waals surface area contributed by atoms with Crippen molar-refractivity contribution in [3.8, 4) is 0 Å². The molecule has 0 fully saturated rings. The molecule has 0 aromatic heterocycles. The monoisotopic (exact) mass is 396 g/mol. The molecule has 0 saturated heterocycles.